The van der Waals surface area contributed by atoms with Crippen LogP contribution >= 0.6 is 23.2 Å². The highest BCUT2D eigenvalue weighted by atomic mass is 35.5. The zero-order chi connectivity index (χ0) is 30.7. The lowest BCUT2D eigenvalue weighted by Crippen LogP contribution is -2.38. The molecule has 0 radical (unpaired) electrons. The van der Waals surface area contributed by atoms with E-state index in [4.69, 9.17) is 40.4 Å². The monoisotopic (exact) mass is 627 g/mol. The van der Waals surface area contributed by atoms with Crippen molar-refractivity contribution in [3.05, 3.63) is 74.3 Å². The van der Waals surface area contributed by atoms with Crippen molar-refractivity contribution in [2.45, 2.75) is 70.0 Å². The van der Waals surface area contributed by atoms with E-state index in [2.05, 4.69) is 25.3 Å². The maximum Gasteiger partial charge on any atom is 0.354 e. The van der Waals surface area contributed by atoms with Crippen molar-refractivity contribution in [2.75, 3.05) is 6.54 Å². The fraction of sp³-hybridized carbons (Fsp3) is 0.400. The molecule has 0 bridgehead atoms. The molecule has 0 aliphatic carbocycles. The summed E-state index contributed by atoms with van der Waals surface area (Å²) in [5.41, 5.74) is 19.4. The summed E-state index contributed by atoms with van der Waals surface area (Å²) in [5, 5.41) is 4.69. The number of rotatable bonds is 10. The van der Waals surface area contributed by atoms with E-state index in [1.165, 1.54) is 4.57 Å². The number of nitrogens with two attached hydrogens (primary N) is 3. The van der Waals surface area contributed by atoms with E-state index >= 15 is 4.39 Å². The number of piperidine rings is 1. The number of guanidine groups is 1. The van der Waals surface area contributed by atoms with Crippen LogP contribution < -0.4 is 28.2 Å². The molecular formula is C30H36Cl2FN9O. The fourth-order valence-electron chi connectivity index (χ4n) is 5.58. The van der Waals surface area contributed by atoms with Gasteiger partial charge in [-0.15, -0.1) is 0 Å². The van der Waals surface area contributed by atoms with Crippen molar-refractivity contribution in [1.29, 1.82) is 0 Å². The third-order valence-corrected chi connectivity index (χ3v) is 8.31. The first kappa shape index (κ1) is 30.9. The lowest BCUT2D eigenvalue weighted by Gasteiger charge is -2.31. The maximum atomic E-state index is 15.1. The molecule has 0 amide bonds. The van der Waals surface area contributed by atoms with E-state index in [0.29, 0.717) is 39.5 Å². The van der Waals surface area contributed by atoms with Crippen LogP contribution in [0.25, 0.3) is 28.0 Å². The number of aliphatic imine (C=N–C) groups is 1. The summed E-state index contributed by atoms with van der Waals surface area (Å²) < 4.78 is 16.5. The quantitative estimate of drug-likeness (QED) is 0.125. The van der Waals surface area contributed by atoms with E-state index < -0.39 is 11.5 Å². The van der Waals surface area contributed by atoms with Crippen molar-refractivity contribution >= 4 is 40.2 Å². The molecule has 4 aromatic rings. The summed E-state index contributed by atoms with van der Waals surface area (Å²) in [4.78, 5) is 29.0. The highest BCUT2D eigenvalue weighted by molar-refractivity contribution is 6.31. The van der Waals surface area contributed by atoms with Gasteiger partial charge in [0.25, 0.3) is 0 Å². The minimum absolute atomic E-state index is 0.0275. The molecule has 10 nitrogen and oxygen atoms in total. The molecule has 8 N–H and O–H groups in total. The third kappa shape index (κ3) is 7.35. The molecule has 1 aromatic carbocycles. The van der Waals surface area contributed by atoms with Gasteiger partial charge < -0.3 is 27.5 Å². The van der Waals surface area contributed by atoms with Crippen LogP contribution in [-0.4, -0.2) is 44.1 Å². The second kappa shape index (κ2) is 13.4. The lowest BCUT2D eigenvalue weighted by atomic mass is 9.94. The van der Waals surface area contributed by atoms with Gasteiger partial charge in [0.1, 0.15) is 5.65 Å². The van der Waals surface area contributed by atoms with E-state index in [1.54, 1.807) is 36.7 Å². The summed E-state index contributed by atoms with van der Waals surface area (Å²) in [7, 11) is 0. The molecular weight excluding hydrogens is 592 g/mol. The second-order valence-electron chi connectivity index (χ2n) is 11.2. The van der Waals surface area contributed by atoms with Crippen LogP contribution in [0, 0.1) is 5.82 Å². The topological polar surface area (TPSA) is 166 Å². The fourth-order valence-corrected chi connectivity index (χ4v) is 6.11. The predicted octanol–water partition coefficient (Wildman–Crippen LogP) is 4.74. The average molecular weight is 629 g/mol. The van der Waals surface area contributed by atoms with E-state index in [0.717, 1.165) is 56.2 Å². The Morgan fingerprint density at radius 3 is 2.77 bits per heavy atom. The van der Waals surface area contributed by atoms with Gasteiger partial charge in [0.05, 0.1) is 39.4 Å². The molecule has 228 valence electrons. The summed E-state index contributed by atoms with van der Waals surface area (Å²) in [6, 6.07) is 7.17. The van der Waals surface area contributed by atoms with Crippen LogP contribution in [0.2, 0.25) is 10.0 Å². The van der Waals surface area contributed by atoms with E-state index in [9.17, 15) is 4.79 Å². The summed E-state index contributed by atoms with van der Waals surface area (Å²) in [6.45, 7) is 2.50. The molecule has 0 spiro atoms. The zero-order valence-electron chi connectivity index (χ0n) is 23.9. The van der Waals surface area contributed by atoms with Crippen LogP contribution in [0.3, 0.4) is 0 Å². The first-order valence-electron chi connectivity index (χ1n) is 14.4. The standard InChI is InChI=1S/C30H36Cl2FN9O/c1-16(34)4-2-5-17-10-21(26(33)22(31)11-17)25-12-18-15-42(30(43)41-28(18)40-25)20-13-23(32)27(38-14-20)24-7-3-6-19(39-24)8-9-37-29(35)36/h10-16,19,24,39H,2-9,34H2,1H3,(H4,35,36,37)(H,40,41,43)/t16-,19-,24-/m0/s1. The van der Waals surface area contributed by atoms with Gasteiger partial charge in [-0.25, -0.2) is 9.18 Å². The largest absolute Gasteiger partial charge is 0.370 e. The van der Waals surface area contributed by atoms with Gasteiger partial charge >= 0.3 is 5.69 Å². The highest BCUT2D eigenvalue weighted by Gasteiger charge is 2.25. The Balaban J connectivity index is 1.39. The number of nitrogens with one attached hydrogen (secondary N) is 2. The molecule has 1 saturated heterocycles. The average Bonchev–Trinajstić information content (AvgIpc) is 3.36. The Kier molecular flexibility index (Phi) is 9.65. The number of pyridine rings is 1. The van der Waals surface area contributed by atoms with Crippen molar-refractivity contribution < 1.29 is 4.39 Å². The number of hydrogen-bond acceptors (Lipinski definition) is 6. The van der Waals surface area contributed by atoms with Gasteiger partial charge in [-0.1, -0.05) is 23.2 Å². The minimum Gasteiger partial charge on any atom is -0.370 e. The number of aromatic amines is 1. The second-order valence-corrected chi connectivity index (χ2v) is 12.0. The Morgan fingerprint density at radius 1 is 1.21 bits per heavy atom. The Hall–Kier alpha value is -3.51. The number of benzene rings is 1. The van der Waals surface area contributed by atoms with Crippen molar-refractivity contribution in [1.82, 2.24) is 24.8 Å². The molecule has 3 atom stereocenters. The summed E-state index contributed by atoms with van der Waals surface area (Å²) in [6.07, 6.45) is 9.40. The SMILES string of the molecule is C[C@H](N)CCCc1cc(Cl)c(F)c(-c2cc3cn(-c4cnc([C@@H]5CCC[C@@H](CCN=C(N)N)N5)c(Cl)c4)c(=O)nc3[nH]2)c1. The molecule has 3 aromatic heterocycles. The zero-order valence-corrected chi connectivity index (χ0v) is 25.4. The lowest BCUT2D eigenvalue weighted by molar-refractivity contribution is 0.311. The molecule has 5 rings (SSSR count). The number of halogens is 3. The van der Waals surface area contributed by atoms with Gasteiger partial charge in [0.2, 0.25) is 0 Å². The van der Waals surface area contributed by atoms with Gasteiger partial charge in [-0.3, -0.25) is 14.5 Å². The number of aromatic nitrogens is 4. The summed E-state index contributed by atoms with van der Waals surface area (Å²) >= 11 is 12.9. The van der Waals surface area contributed by atoms with E-state index in [1.807, 2.05) is 6.92 Å². The molecule has 1 fully saturated rings. The van der Waals surface area contributed by atoms with Crippen molar-refractivity contribution in [2.24, 2.45) is 22.2 Å². The molecule has 1 aliphatic heterocycles. The Morgan fingerprint density at radius 2 is 2.02 bits per heavy atom. The Labute approximate surface area is 258 Å². The minimum atomic E-state index is -0.541. The van der Waals surface area contributed by atoms with Crippen LogP contribution in [-0.2, 0) is 6.42 Å². The summed E-state index contributed by atoms with van der Waals surface area (Å²) in [5.74, 6) is -0.457. The van der Waals surface area contributed by atoms with Gasteiger partial charge in [0.15, 0.2) is 11.8 Å². The number of hydrogen-bond donors (Lipinski definition) is 5. The smallest absolute Gasteiger partial charge is 0.354 e. The first-order chi connectivity index (χ1) is 20.6. The molecule has 0 unspecified atom stereocenters. The van der Waals surface area contributed by atoms with Crippen molar-refractivity contribution in [3.8, 4) is 16.9 Å². The van der Waals surface area contributed by atoms with Crippen LogP contribution in [0.4, 0.5) is 4.39 Å². The molecule has 43 heavy (non-hydrogen) atoms. The molecule has 1 aliphatic rings. The van der Waals surface area contributed by atoms with E-state index in [-0.39, 0.29) is 29.1 Å². The van der Waals surface area contributed by atoms with Crippen LogP contribution in [0.1, 0.15) is 62.7 Å². The Bertz CT molecular complexity index is 1700. The number of nitrogens with zero attached hydrogens (tertiary/aromatic N) is 4. The predicted molar refractivity (Wildman–Crippen MR) is 170 cm³/mol. The molecule has 13 heteroatoms. The third-order valence-electron chi connectivity index (χ3n) is 7.73. The number of fused-ring (bicyclic) bond motifs is 1. The maximum absolute atomic E-state index is 15.1. The van der Waals surface area contributed by atoms with Gasteiger partial charge in [-0.05, 0) is 81.7 Å². The normalized spacial score (nSPS) is 17.7. The number of aryl methyl sites for hydroxylation is 1. The van der Waals surface area contributed by atoms with Crippen molar-refractivity contribution in [3.63, 3.8) is 0 Å². The van der Waals surface area contributed by atoms with Crippen LogP contribution in [0.5, 0.6) is 0 Å². The van der Waals surface area contributed by atoms with Gasteiger partial charge in [0, 0.05) is 35.8 Å². The highest BCUT2D eigenvalue weighted by Crippen LogP contribution is 2.33. The van der Waals surface area contributed by atoms with Gasteiger partial charge in [-0.2, -0.15) is 4.98 Å². The molecule has 4 heterocycles. The number of H-pyrrole nitrogens is 1. The van der Waals surface area contributed by atoms with Crippen LogP contribution in [0.15, 0.2) is 46.4 Å². The molecule has 0 saturated carbocycles. The first-order valence-corrected chi connectivity index (χ1v) is 15.2.